The average Bonchev–Trinajstić information content (AvgIpc) is 3.21. The van der Waals surface area contributed by atoms with E-state index in [1.807, 2.05) is 0 Å². The number of amides is 3. The molecule has 2 aliphatic rings. The summed E-state index contributed by atoms with van der Waals surface area (Å²) >= 11 is 0. The lowest BCUT2D eigenvalue weighted by atomic mass is 10.1. The summed E-state index contributed by atoms with van der Waals surface area (Å²) in [6, 6.07) is 8.08. The molecule has 10 nitrogen and oxygen atoms in total. The highest BCUT2D eigenvalue weighted by molar-refractivity contribution is 6.05. The summed E-state index contributed by atoms with van der Waals surface area (Å²) in [5.41, 5.74) is 6.28. The van der Waals surface area contributed by atoms with Crippen LogP contribution in [0.5, 0.6) is 0 Å². The smallest absolute Gasteiger partial charge is 0.306 e. The van der Waals surface area contributed by atoms with E-state index < -0.39 is 40.1 Å². The van der Waals surface area contributed by atoms with Gasteiger partial charge >= 0.3 is 5.69 Å². The summed E-state index contributed by atoms with van der Waals surface area (Å²) in [6.07, 6.45) is 3.05. The monoisotopic (exact) mass is 469 g/mol. The molecule has 178 valence electrons. The Bertz CT molecular complexity index is 1160. The Kier molecular flexibility index (Phi) is 6.44. The van der Waals surface area contributed by atoms with Crippen LogP contribution >= 0.6 is 0 Å². The van der Waals surface area contributed by atoms with Gasteiger partial charge in [-0.2, -0.15) is 4.39 Å². The van der Waals surface area contributed by atoms with Crippen molar-refractivity contribution >= 4 is 40.5 Å². The number of nitrogens with two attached hydrogens (primary N) is 1. The zero-order valence-electron chi connectivity index (χ0n) is 18.3. The molecule has 2 aromatic carbocycles. The molecule has 0 bridgehead atoms. The van der Waals surface area contributed by atoms with Gasteiger partial charge in [-0.15, -0.1) is 0 Å². The molecule has 2 saturated heterocycles. The maximum absolute atomic E-state index is 13.7. The number of carbonyl (C=O) groups is 3. The van der Waals surface area contributed by atoms with E-state index in [-0.39, 0.29) is 24.2 Å². The normalized spacial score (nSPS) is 18.1. The molecule has 0 aromatic heterocycles. The van der Waals surface area contributed by atoms with Crippen LogP contribution in [-0.4, -0.2) is 42.3 Å². The molecule has 3 amide bonds. The minimum atomic E-state index is -1.01. The number of anilines is 3. The van der Waals surface area contributed by atoms with Crippen LogP contribution in [-0.2, 0) is 9.59 Å². The van der Waals surface area contributed by atoms with Gasteiger partial charge < -0.3 is 20.9 Å². The first-order valence-electron chi connectivity index (χ1n) is 11.0. The Morgan fingerprint density at radius 2 is 1.85 bits per heavy atom. The molecule has 3 N–H and O–H groups in total. The molecule has 0 spiro atoms. The number of carbonyl (C=O) groups excluding carboxylic acids is 3. The summed E-state index contributed by atoms with van der Waals surface area (Å²) in [7, 11) is 0. The number of rotatable bonds is 6. The largest absolute Gasteiger partial charge is 0.370 e. The lowest BCUT2D eigenvalue weighted by molar-refractivity contribution is -0.387. The van der Waals surface area contributed by atoms with Gasteiger partial charge in [-0.05, 0) is 49.6 Å². The minimum Gasteiger partial charge on any atom is -0.370 e. The van der Waals surface area contributed by atoms with Crippen LogP contribution in [0.3, 0.4) is 0 Å². The van der Waals surface area contributed by atoms with Gasteiger partial charge in [0, 0.05) is 37.7 Å². The summed E-state index contributed by atoms with van der Waals surface area (Å²) in [5.74, 6) is -3.19. The number of nitro benzene ring substituents is 1. The molecule has 2 aromatic rings. The van der Waals surface area contributed by atoms with E-state index in [0.29, 0.717) is 5.69 Å². The Labute approximate surface area is 194 Å². The van der Waals surface area contributed by atoms with E-state index >= 15 is 0 Å². The van der Waals surface area contributed by atoms with Gasteiger partial charge in [0.15, 0.2) is 0 Å². The van der Waals surface area contributed by atoms with E-state index in [1.54, 1.807) is 12.1 Å². The Morgan fingerprint density at radius 1 is 1.12 bits per heavy atom. The maximum atomic E-state index is 13.7. The van der Waals surface area contributed by atoms with Crippen LogP contribution in [0, 0.1) is 21.8 Å². The molecule has 2 heterocycles. The van der Waals surface area contributed by atoms with Crippen molar-refractivity contribution in [2.75, 3.05) is 34.8 Å². The van der Waals surface area contributed by atoms with Gasteiger partial charge in [0.1, 0.15) is 0 Å². The van der Waals surface area contributed by atoms with Crippen molar-refractivity contribution in [2.45, 2.75) is 25.7 Å². The van der Waals surface area contributed by atoms with Gasteiger partial charge in [0.2, 0.25) is 23.5 Å². The molecule has 1 unspecified atom stereocenters. The highest BCUT2D eigenvalue weighted by atomic mass is 19.1. The number of benzene rings is 2. The molecule has 0 radical (unpaired) electrons. The standard InChI is InChI=1S/C23H24FN5O5/c24-17-6-5-16(12-20(17)29(33)34)28-13-15(11-21(28)30)23(32)26-18-10-14(22(25)31)4-7-19(18)27-8-2-1-3-9-27/h4-7,10,12,15H,1-3,8-9,11,13H2,(H2,25,31)(H,26,32). The molecule has 0 saturated carbocycles. The first kappa shape index (κ1) is 23.1. The second kappa shape index (κ2) is 9.46. The van der Waals surface area contributed by atoms with E-state index in [4.69, 9.17) is 5.73 Å². The van der Waals surface area contributed by atoms with Gasteiger partial charge in [-0.25, -0.2) is 0 Å². The maximum Gasteiger partial charge on any atom is 0.306 e. The molecule has 11 heteroatoms. The Morgan fingerprint density at radius 3 is 2.53 bits per heavy atom. The zero-order chi connectivity index (χ0) is 24.4. The quantitative estimate of drug-likeness (QED) is 0.493. The summed E-state index contributed by atoms with van der Waals surface area (Å²) < 4.78 is 13.7. The second-order valence-electron chi connectivity index (χ2n) is 8.43. The number of piperidine rings is 1. The summed E-state index contributed by atoms with van der Waals surface area (Å²) in [5, 5.41) is 13.9. The lowest BCUT2D eigenvalue weighted by Gasteiger charge is -2.31. The third kappa shape index (κ3) is 4.68. The van der Waals surface area contributed by atoms with E-state index in [1.165, 1.54) is 17.0 Å². The summed E-state index contributed by atoms with van der Waals surface area (Å²) in [4.78, 5) is 50.9. The minimum absolute atomic E-state index is 0.0119. The van der Waals surface area contributed by atoms with Crippen molar-refractivity contribution < 1.29 is 23.7 Å². The van der Waals surface area contributed by atoms with E-state index in [9.17, 15) is 28.9 Å². The van der Waals surface area contributed by atoms with Gasteiger partial charge in [0.05, 0.1) is 27.9 Å². The van der Waals surface area contributed by atoms with Crippen LogP contribution < -0.4 is 20.9 Å². The molecule has 1 atom stereocenters. The van der Waals surface area contributed by atoms with Crippen LogP contribution in [0.25, 0.3) is 0 Å². The van der Waals surface area contributed by atoms with Crippen LogP contribution in [0.15, 0.2) is 36.4 Å². The molecule has 4 rings (SSSR count). The number of nitrogens with zero attached hydrogens (tertiary/aromatic N) is 3. The number of nitrogens with one attached hydrogen (secondary N) is 1. The predicted molar refractivity (Wildman–Crippen MR) is 123 cm³/mol. The zero-order valence-corrected chi connectivity index (χ0v) is 18.3. The van der Waals surface area contributed by atoms with Crippen molar-refractivity contribution in [3.8, 4) is 0 Å². The molecule has 2 aliphatic heterocycles. The lowest BCUT2D eigenvalue weighted by Crippen LogP contribution is -2.32. The van der Waals surface area contributed by atoms with Crippen molar-refractivity contribution in [1.29, 1.82) is 0 Å². The predicted octanol–water partition coefficient (Wildman–Crippen LogP) is 2.81. The first-order chi connectivity index (χ1) is 16.2. The topological polar surface area (TPSA) is 139 Å². The fourth-order valence-corrected chi connectivity index (χ4v) is 4.38. The number of nitro groups is 1. The van der Waals surface area contributed by atoms with E-state index in [2.05, 4.69) is 10.2 Å². The SMILES string of the molecule is NC(=O)c1ccc(N2CCCCC2)c(NC(=O)C2CC(=O)N(c3ccc(F)c([N+](=O)[O-])c3)C2)c1. The number of halogens is 1. The van der Waals surface area contributed by atoms with Crippen LogP contribution in [0.4, 0.5) is 27.1 Å². The average molecular weight is 469 g/mol. The molecule has 0 aliphatic carbocycles. The number of hydrogen-bond acceptors (Lipinski definition) is 6. The van der Waals surface area contributed by atoms with Crippen molar-refractivity contribution in [3.05, 3.63) is 57.9 Å². The first-order valence-corrected chi connectivity index (χ1v) is 11.0. The van der Waals surface area contributed by atoms with Crippen molar-refractivity contribution in [3.63, 3.8) is 0 Å². The second-order valence-corrected chi connectivity index (χ2v) is 8.43. The number of hydrogen-bond donors (Lipinski definition) is 2. The molecule has 2 fully saturated rings. The molecule has 34 heavy (non-hydrogen) atoms. The fraction of sp³-hybridized carbons (Fsp3) is 0.348. The molecular formula is C23H24FN5O5. The fourth-order valence-electron chi connectivity index (χ4n) is 4.38. The van der Waals surface area contributed by atoms with Crippen molar-refractivity contribution in [1.82, 2.24) is 0 Å². The summed E-state index contributed by atoms with van der Waals surface area (Å²) in [6.45, 7) is 1.62. The van der Waals surface area contributed by atoms with Crippen LogP contribution in [0.1, 0.15) is 36.0 Å². The van der Waals surface area contributed by atoms with E-state index in [0.717, 1.165) is 50.2 Å². The van der Waals surface area contributed by atoms with Gasteiger partial charge in [0.25, 0.3) is 0 Å². The van der Waals surface area contributed by atoms with Gasteiger partial charge in [-0.1, -0.05) is 0 Å². The van der Waals surface area contributed by atoms with Crippen molar-refractivity contribution in [2.24, 2.45) is 11.7 Å². The van der Waals surface area contributed by atoms with Crippen LogP contribution in [0.2, 0.25) is 0 Å². The Hall–Kier alpha value is -4.02. The van der Waals surface area contributed by atoms with Gasteiger partial charge in [-0.3, -0.25) is 24.5 Å². The highest BCUT2D eigenvalue weighted by Gasteiger charge is 2.36. The Balaban J connectivity index is 1.55. The number of primary amides is 1. The highest BCUT2D eigenvalue weighted by Crippen LogP contribution is 2.33. The molecular weight excluding hydrogens is 445 g/mol. The third-order valence-corrected chi connectivity index (χ3v) is 6.17. The third-order valence-electron chi connectivity index (χ3n) is 6.17.